The molecule has 0 radical (unpaired) electrons. The number of nitrogens with zero attached hydrogens (tertiary/aromatic N) is 5. The number of hydrogen-bond donors (Lipinski definition) is 0. The number of imidazole rings is 1. The van der Waals surface area contributed by atoms with Crippen LogP contribution in [0.4, 0.5) is 0 Å². The van der Waals surface area contributed by atoms with Gasteiger partial charge in [-0.05, 0) is 18.6 Å². The van der Waals surface area contributed by atoms with Gasteiger partial charge in [0.2, 0.25) is 0 Å². The molecule has 1 aliphatic heterocycles. The predicted molar refractivity (Wildman–Crippen MR) is 91.7 cm³/mol. The molecule has 0 spiro atoms. The Morgan fingerprint density at radius 2 is 2.12 bits per heavy atom. The quantitative estimate of drug-likeness (QED) is 0.733. The normalized spacial score (nSPS) is 19.6. The molecule has 0 aliphatic carbocycles. The summed E-state index contributed by atoms with van der Waals surface area (Å²) >= 11 is 0. The van der Waals surface area contributed by atoms with E-state index in [2.05, 4.69) is 42.2 Å². The van der Waals surface area contributed by atoms with Gasteiger partial charge in [0, 0.05) is 57.0 Å². The van der Waals surface area contributed by atoms with Crippen LogP contribution in [0.25, 0.3) is 5.52 Å². The Morgan fingerprint density at radius 3 is 3.00 bits per heavy atom. The minimum absolute atomic E-state index is 0.446. The van der Waals surface area contributed by atoms with Crippen molar-refractivity contribution in [1.29, 1.82) is 0 Å². The van der Waals surface area contributed by atoms with Gasteiger partial charge in [-0.1, -0.05) is 0 Å². The van der Waals surface area contributed by atoms with Crippen LogP contribution < -0.4 is 0 Å². The standard InChI is InChI=1S/C18H23N5O/c1-21-7-4-20-18(21)13-22-9-10-24-14-15(12-22)11-16-17-3-2-6-23(17)8-5-19-16/h2-8,15H,9-14H2,1H3. The number of rotatable bonds is 4. The van der Waals surface area contributed by atoms with Crippen LogP contribution in [-0.2, 0) is 24.8 Å². The fourth-order valence-electron chi connectivity index (χ4n) is 3.43. The summed E-state index contributed by atoms with van der Waals surface area (Å²) in [6.45, 7) is 4.40. The lowest BCUT2D eigenvalue weighted by Crippen LogP contribution is -2.31. The van der Waals surface area contributed by atoms with Gasteiger partial charge < -0.3 is 13.7 Å². The summed E-state index contributed by atoms with van der Waals surface area (Å²) in [5.41, 5.74) is 2.34. The molecule has 0 amide bonds. The van der Waals surface area contributed by atoms with E-state index in [0.717, 1.165) is 50.8 Å². The van der Waals surface area contributed by atoms with Gasteiger partial charge in [0.1, 0.15) is 5.82 Å². The highest BCUT2D eigenvalue weighted by Crippen LogP contribution is 2.18. The lowest BCUT2D eigenvalue weighted by Gasteiger charge is -2.23. The molecule has 1 saturated heterocycles. The first-order valence-electron chi connectivity index (χ1n) is 8.46. The molecule has 1 fully saturated rings. The van der Waals surface area contributed by atoms with Gasteiger partial charge in [0.25, 0.3) is 0 Å². The summed E-state index contributed by atoms with van der Waals surface area (Å²) in [5, 5.41) is 0. The Balaban J connectivity index is 1.48. The number of fused-ring (bicyclic) bond motifs is 1. The molecule has 0 N–H and O–H groups in total. The minimum Gasteiger partial charge on any atom is -0.380 e. The molecule has 126 valence electrons. The third kappa shape index (κ3) is 3.20. The van der Waals surface area contributed by atoms with Gasteiger partial charge in [-0.3, -0.25) is 9.88 Å². The Morgan fingerprint density at radius 1 is 1.21 bits per heavy atom. The average Bonchev–Trinajstić information content (AvgIpc) is 3.15. The summed E-state index contributed by atoms with van der Waals surface area (Å²) < 4.78 is 10.1. The van der Waals surface area contributed by atoms with Crippen molar-refractivity contribution >= 4 is 5.52 Å². The lowest BCUT2D eigenvalue weighted by molar-refractivity contribution is 0.121. The van der Waals surface area contributed by atoms with Gasteiger partial charge in [-0.2, -0.15) is 0 Å². The fraction of sp³-hybridized carbons (Fsp3) is 0.444. The molecule has 6 heteroatoms. The third-order valence-electron chi connectivity index (χ3n) is 4.72. The molecule has 0 bridgehead atoms. The van der Waals surface area contributed by atoms with E-state index in [-0.39, 0.29) is 0 Å². The maximum absolute atomic E-state index is 5.85. The van der Waals surface area contributed by atoms with E-state index in [9.17, 15) is 0 Å². The largest absolute Gasteiger partial charge is 0.380 e. The maximum Gasteiger partial charge on any atom is 0.122 e. The summed E-state index contributed by atoms with van der Waals surface area (Å²) in [7, 11) is 2.05. The first-order chi connectivity index (χ1) is 11.8. The van der Waals surface area contributed by atoms with Gasteiger partial charge in [0.15, 0.2) is 0 Å². The SMILES string of the molecule is Cn1ccnc1CN1CCOCC(Cc2nccn3cccc23)C1. The van der Waals surface area contributed by atoms with Crippen LogP contribution in [0.2, 0.25) is 0 Å². The molecule has 1 unspecified atom stereocenters. The van der Waals surface area contributed by atoms with Gasteiger partial charge >= 0.3 is 0 Å². The van der Waals surface area contributed by atoms with Crippen LogP contribution in [0, 0.1) is 5.92 Å². The molecule has 0 aromatic carbocycles. The van der Waals surface area contributed by atoms with E-state index in [4.69, 9.17) is 4.74 Å². The van der Waals surface area contributed by atoms with E-state index < -0.39 is 0 Å². The van der Waals surface area contributed by atoms with Crippen molar-refractivity contribution in [2.45, 2.75) is 13.0 Å². The summed E-state index contributed by atoms with van der Waals surface area (Å²) in [4.78, 5) is 11.5. The maximum atomic E-state index is 5.85. The molecule has 0 saturated carbocycles. The van der Waals surface area contributed by atoms with Gasteiger partial charge in [0.05, 0.1) is 31.0 Å². The zero-order valence-corrected chi connectivity index (χ0v) is 14.0. The predicted octanol–water partition coefficient (Wildman–Crippen LogP) is 1.76. The van der Waals surface area contributed by atoms with E-state index in [1.165, 1.54) is 5.52 Å². The van der Waals surface area contributed by atoms with Crippen molar-refractivity contribution < 1.29 is 4.74 Å². The first kappa shape index (κ1) is 15.4. The van der Waals surface area contributed by atoms with Gasteiger partial charge in [-0.15, -0.1) is 0 Å². The highest BCUT2D eigenvalue weighted by atomic mass is 16.5. The topological polar surface area (TPSA) is 47.6 Å². The molecule has 4 heterocycles. The molecule has 3 aromatic heterocycles. The number of hydrogen-bond acceptors (Lipinski definition) is 4. The van der Waals surface area contributed by atoms with Crippen LogP contribution in [0.1, 0.15) is 11.5 Å². The molecule has 3 aromatic rings. The fourth-order valence-corrected chi connectivity index (χ4v) is 3.43. The second-order valence-corrected chi connectivity index (χ2v) is 6.51. The number of aromatic nitrogens is 4. The molecule has 24 heavy (non-hydrogen) atoms. The van der Waals surface area contributed by atoms with Crippen LogP contribution in [-0.4, -0.2) is 50.1 Å². The van der Waals surface area contributed by atoms with Crippen LogP contribution in [0.3, 0.4) is 0 Å². The lowest BCUT2D eigenvalue weighted by atomic mass is 10.0. The van der Waals surface area contributed by atoms with E-state index in [1.807, 2.05) is 31.8 Å². The van der Waals surface area contributed by atoms with Crippen molar-refractivity contribution in [2.24, 2.45) is 13.0 Å². The van der Waals surface area contributed by atoms with E-state index in [0.29, 0.717) is 5.92 Å². The van der Waals surface area contributed by atoms with Crippen molar-refractivity contribution in [2.75, 3.05) is 26.3 Å². The minimum atomic E-state index is 0.446. The third-order valence-corrected chi connectivity index (χ3v) is 4.72. The zero-order chi connectivity index (χ0) is 16.4. The molecule has 1 aliphatic rings. The van der Waals surface area contributed by atoms with Crippen LogP contribution in [0.15, 0.2) is 43.1 Å². The van der Waals surface area contributed by atoms with Crippen LogP contribution >= 0.6 is 0 Å². The molecular formula is C18H23N5O. The number of ether oxygens (including phenoxy) is 1. The molecule has 4 rings (SSSR count). The van der Waals surface area contributed by atoms with Crippen molar-refractivity contribution in [3.05, 3.63) is 54.6 Å². The van der Waals surface area contributed by atoms with E-state index >= 15 is 0 Å². The van der Waals surface area contributed by atoms with E-state index in [1.54, 1.807) is 0 Å². The molecular weight excluding hydrogens is 302 g/mol. The zero-order valence-electron chi connectivity index (χ0n) is 14.0. The summed E-state index contributed by atoms with van der Waals surface area (Å²) in [5.74, 6) is 1.55. The highest BCUT2D eigenvalue weighted by Gasteiger charge is 2.21. The molecule has 1 atom stereocenters. The molecule has 6 nitrogen and oxygen atoms in total. The van der Waals surface area contributed by atoms with Crippen molar-refractivity contribution in [1.82, 2.24) is 23.8 Å². The van der Waals surface area contributed by atoms with Crippen LogP contribution in [0.5, 0.6) is 0 Å². The Hall–Kier alpha value is -2.18. The van der Waals surface area contributed by atoms with Crippen molar-refractivity contribution in [3.8, 4) is 0 Å². The second-order valence-electron chi connectivity index (χ2n) is 6.51. The van der Waals surface area contributed by atoms with Crippen molar-refractivity contribution in [3.63, 3.8) is 0 Å². The summed E-state index contributed by atoms with van der Waals surface area (Å²) in [6.07, 6.45) is 10.7. The first-order valence-corrected chi connectivity index (χ1v) is 8.46. The number of aryl methyl sites for hydroxylation is 1. The Bertz CT molecular complexity index is 808. The summed E-state index contributed by atoms with van der Waals surface area (Å²) in [6, 6.07) is 4.20. The second kappa shape index (κ2) is 6.75. The monoisotopic (exact) mass is 325 g/mol. The Labute approximate surface area is 141 Å². The average molecular weight is 325 g/mol. The smallest absolute Gasteiger partial charge is 0.122 e. The highest BCUT2D eigenvalue weighted by molar-refractivity contribution is 5.52. The Kier molecular flexibility index (Phi) is 4.32. The van der Waals surface area contributed by atoms with Gasteiger partial charge in [-0.25, -0.2) is 4.98 Å².